The maximum Gasteiger partial charge on any atom is 0.210 e. The second kappa shape index (κ2) is 6.99. The molecular weight excluding hydrogens is 240 g/mol. The van der Waals surface area contributed by atoms with Gasteiger partial charge < -0.3 is 10.1 Å². The Morgan fingerprint density at radius 3 is 2.47 bits per heavy atom. The van der Waals surface area contributed by atoms with Crippen molar-refractivity contribution in [1.29, 1.82) is 0 Å². The van der Waals surface area contributed by atoms with Gasteiger partial charge in [0.1, 0.15) is 5.75 Å². The Balaban J connectivity index is 1.98. The van der Waals surface area contributed by atoms with Gasteiger partial charge in [0.15, 0.2) is 0 Å². The fourth-order valence-electron chi connectivity index (χ4n) is 2.31. The standard InChI is InChI=1S/C14H22N4O/c1-19-13-9-7-12(8-10-13)17-14(18-15)16-11-5-3-2-4-6-11/h7-11H,2-6,15H2,1H3,(H2,16,17,18). The third-order valence-corrected chi connectivity index (χ3v) is 3.38. The van der Waals surface area contributed by atoms with Gasteiger partial charge in [-0.2, -0.15) is 0 Å². The zero-order chi connectivity index (χ0) is 13.5. The normalized spacial score (nSPS) is 17.1. The average molecular weight is 262 g/mol. The largest absolute Gasteiger partial charge is 0.497 e. The molecule has 0 heterocycles. The highest BCUT2D eigenvalue weighted by Gasteiger charge is 2.13. The van der Waals surface area contributed by atoms with E-state index in [2.05, 4.69) is 15.7 Å². The lowest BCUT2D eigenvalue weighted by atomic mass is 9.96. The molecule has 1 aromatic carbocycles. The number of ether oxygens (including phenoxy) is 1. The van der Waals surface area contributed by atoms with Crippen LogP contribution >= 0.6 is 0 Å². The first kappa shape index (κ1) is 13.7. The highest BCUT2D eigenvalue weighted by atomic mass is 16.5. The number of hydrogen-bond donors (Lipinski definition) is 3. The Hall–Kier alpha value is -1.75. The van der Waals surface area contributed by atoms with Crippen LogP contribution in [0.1, 0.15) is 32.1 Å². The number of methoxy groups -OCH3 is 1. The summed E-state index contributed by atoms with van der Waals surface area (Å²) < 4.78 is 5.12. The Morgan fingerprint density at radius 1 is 1.21 bits per heavy atom. The molecule has 0 aliphatic heterocycles. The summed E-state index contributed by atoms with van der Waals surface area (Å²) in [6.45, 7) is 0. The predicted molar refractivity (Wildman–Crippen MR) is 78.2 cm³/mol. The average Bonchev–Trinajstić information content (AvgIpc) is 2.48. The topological polar surface area (TPSA) is 71.7 Å². The van der Waals surface area contributed by atoms with E-state index in [-0.39, 0.29) is 0 Å². The van der Waals surface area contributed by atoms with Crippen molar-refractivity contribution >= 4 is 11.6 Å². The first-order chi connectivity index (χ1) is 9.31. The van der Waals surface area contributed by atoms with Gasteiger partial charge in [-0.3, -0.25) is 5.43 Å². The number of anilines is 1. The van der Waals surface area contributed by atoms with Crippen LogP contribution in [-0.4, -0.2) is 19.1 Å². The van der Waals surface area contributed by atoms with E-state index < -0.39 is 0 Å². The highest BCUT2D eigenvalue weighted by molar-refractivity contribution is 5.93. The maximum absolute atomic E-state index is 5.53. The zero-order valence-electron chi connectivity index (χ0n) is 11.4. The Bertz CT molecular complexity index is 410. The van der Waals surface area contributed by atoms with Gasteiger partial charge in [-0.05, 0) is 37.1 Å². The van der Waals surface area contributed by atoms with E-state index in [1.807, 2.05) is 24.3 Å². The van der Waals surface area contributed by atoms with E-state index in [9.17, 15) is 0 Å². The molecule has 1 aliphatic carbocycles. The summed E-state index contributed by atoms with van der Waals surface area (Å²) in [4.78, 5) is 4.63. The number of hydrazine groups is 1. The molecule has 1 aromatic rings. The van der Waals surface area contributed by atoms with Crippen LogP contribution in [0, 0.1) is 0 Å². The lowest BCUT2D eigenvalue weighted by Gasteiger charge is -2.19. The molecule has 4 N–H and O–H groups in total. The fraction of sp³-hybridized carbons (Fsp3) is 0.500. The second-order valence-electron chi connectivity index (χ2n) is 4.77. The quantitative estimate of drug-likeness (QED) is 0.338. The summed E-state index contributed by atoms with van der Waals surface area (Å²) in [6, 6.07) is 8.05. The third kappa shape index (κ3) is 4.13. The molecule has 1 saturated carbocycles. The lowest BCUT2D eigenvalue weighted by molar-refractivity contribution is 0.415. The van der Waals surface area contributed by atoms with Crippen molar-refractivity contribution in [3.05, 3.63) is 24.3 Å². The van der Waals surface area contributed by atoms with E-state index in [0.717, 1.165) is 24.3 Å². The molecule has 1 aliphatic rings. The van der Waals surface area contributed by atoms with Gasteiger partial charge in [-0.1, -0.05) is 19.3 Å². The number of nitrogens with two attached hydrogens (primary N) is 1. The first-order valence-corrected chi connectivity index (χ1v) is 6.77. The molecule has 5 nitrogen and oxygen atoms in total. The summed E-state index contributed by atoms with van der Waals surface area (Å²) >= 11 is 0. The molecular formula is C14H22N4O. The summed E-state index contributed by atoms with van der Waals surface area (Å²) in [5.74, 6) is 6.98. The minimum atomic E-state index is 0.380. The Labute approximate surface area is 114 Å². The van der Waals surface area contributed by atoms with Gasteiger partial charge >= 0.3 is 0 Å². The zero-order valence-corrected chi connectivity index (χ0v) is 11.4. The summed E-state index contributed by atoms with van der Waals surface area (Å²) in [5, 5.41) is 3.19. The molecule has 0 atom stereocenters. The Kier molecular flexibility index (Phi) is 5.03. The molecule has 0 radical (unpaired) electrons. The number of aliphatic imine (C=N–C) groups is 1. The second-order valence-corrected chi connectivity index (χ2v) is 4.77. The number of hydrogen-bond acceptors (Lipinski definition) is 3. The smallest absolute Gasteiger partial charge is 0.210 e. The van der Waals surface area contributed by atoms with Crippen LogP contribution in [0.3, 0.4) is 0 Å². The van der Waals surface area contributed by atoms with Crippen LogP contribution in [0.15, 0.2) is 29.3 Å². The van der Waals surface area contributed by atoms with Gasteiger partial charge in [0, 0.05) is 5.69 Å². The van der Waals surface area contributed by atoms with Crippen molar-refractivity contribution in [2.75, 3.05) is 12.4 Å². The monoisotopic (exact) mass is 262 g/mol. The van der Waals surface area contributed by atoms with Crippen LogP contribution in [0.25, 0.3) is 0 Å². The molecule has 0 bridgehead atoms. The van der Waals surface area contributed by atoms with Crippen LogP contribution in [0.4, 0.5) is 5.69 Å². The van der Waals surface area contributed by atoms with Gasteiger partial charge in [-0.25, -0.2) is 10.8 Å². The highest BCUT2D eigenvalue weighted by Crippen LogP contribution is 2.20. The molecule has 0 amide bonds. The van der Waals surface area contributed by atoms with Crippen LogP contribution < -0.4 is 21.3 Å². The maximum atomic E-state index is 5.53. The molecule has 1 fully saturated rings. The van der Waals surface area contributed by atoms with Gasteiger partial charge in [-0.15, -0.1) is 0 Å². The summed E-state index contributed by atoms with van der Waals surface area (Å²) in [6.07, 6.45) is 6.14. The fourth-order valence-corrected chi connectivity index (χ4v) is 2.31. The number of nitrogens with zero attached hydrogens (tertiary/aromatic N) is 1. The lowest BCUT2D eigenvalue weighted by Crippen LogP contribution is -2.37. The molecule has 2 rings (SSSR count). The van der Waals surface area contributed by atoms with Crippen LogP contribution in [-0.2, 0) is 0 Å². The number of nitrogens with one attached hydrogen (secondary N) is 2. The minimum absolute atomic E-state index is 0.380. The van der Waals surface area contributed by atoms with E-state index in [4.69, 9.17) is 10.6 Å². The molecule has 0 aromatic heterocycles. The van der Waals surface area contributed by atoms with E-state index in [0.29, 0.717) is 12.0 Å². The molecule has 19 heavy (non-hydrogen) atoms. The molecule has 0 saturated heterocycles. The minimum Gasteiger partial charge on any atom is -0.497 e. The van der Waals surface area contributed by atoms with Gasteiger partial charge in [0.05, 0.1) is 13.2 Å². The van der Waals surface area contributed by atoms with Gasteiger partial charge in [0.2, 0.25) is 5.96 Å². The van der Waals surface area contributed by atoms with Crippen molar-refractivity contribution in [1.82, 2.24) is 5.43 Å². The Morgan fingerprint density at radius 2 is 1.89 bits per heavy atom. The van der Waals surface area contributed by atoms with Crippen molar-refractivity contribution in [2.45, 2.75) is 38.1 Å². The third-order valence-electron chi connectivity index (χ3n) is 3.38. The molecule has 5 heteroatoms. The van der Waals surface area contributed by atoms with Crippen molar-refractivity contribution in [3.63, 3.8) is 0 Å². The SMILES string of the molecule is COc1ccc(NC(=NC2CCCCC2)NN)cc1. The first-order valence-electron chi connectivity index (χ1n) is 6.77. The predicted octanol–water partition coefficient (Wildman–Crippen LogP) is 2.26. The van der Waals surface area contributed by atoms with Crippen molar-refractivity contribution in [3.8, 4) is 5.75 Å². The van der Waals surface area contributed by atoms with E-state index >= 15 is 0 Å². The number of guanidine groups is 1. The van der Waals surface area contributed by atoms with Crippen LogP contribution in [0.2, 0.25) is 0 Å². The van der Waals surface area contributed by atoms with Crippen LogP contribution in [0.5, 0.6) is 5.75 Å². The molecule has 0 unspecified atom stereocenters. The van der Waals surface area contributed by atoms with Crippen molar-refractivity contribution in [2.24, 2.45) is 10.8 Å². The molecule has 104 valence electrons. The summed E-state index contributed by atoms with van der Waals surface area (Å²) in [5.41, 5.74) is 3.57. The van der Waals surface area contributed by atoms with Gasteiger partial charge in [0.25, 0.3) is 0 Å². The molecule has 0 spiro atoms. The summed E-state index contributed by atoms with van der Waals surface area (Å²) in [7, 11) is 1.65. The number of rotatable bonds is 3. The van der Waals surface area contributed by atoms with E-state index in [1.165, 1.54) is 19.3 Å². The number of benzene rings is 1. The van der Waals surface area contributed by atoms with Crippen molar-refractivity contribution < 1.29 is 4.74 Å². The van der Waals surface area contributed by atoms with E-state index in [1.54, 1.807) is 7.11 Å².